The van der Waals surface area contributed by atoms with E-state index in [4.69, 9.17) is 4.74 Å². The van der Waals surface area contributed by atoms with Crippen LogP contribution >= 0.6 is 0 Å². The lowest BCUT2D eigenvalue weighted by atomic mass is 9.99. The van der Waals surface area contributed by atoms with Gasteiger partial charge in [0.2, 0.25) is 0 Å². The van der Waals surface area contributed by atoms with Crippen molar-refractivity contribution >= 4 is 0 Å². The van der Waals surface area contributed by atoms with Gasteiger partial charge in [-0.05, 0) is 42.5 Å². The van der Waals surface area contributed by atoms with Gasteiger partial charge in [-0.15, -0.1) is 0 Å². The third-order valence-electron chi connectivity index (χ3n) is 6.14. The Morgan fingerprint density at radius 2 is 1.16 bits per heavy atom. The SMILES string of the molecule is CCCCCCCCCc1ccc(-c2ccc(OCCCCCCCC)cc2)c(F)c1F. The molecule has 178 valence electrons. The molecule has 0 radical (unpaired) electrons. The molecule has 0 aliphatic carbocycles. The van der Waals surface area contributed by atoms with Gasteiger partial charge in [-0.1, -0.05) is 109 Å². The van der Waals surface area contributed by atoms with Gasteiger partial charge in [0.05, 0.1) is 6.61 Å². The summed E-state index contributed by atoms with van der Waals surface area (Å²) in [5.74, 6) is -0.665. The predicted molar refractivity (Wildman–Crippen MR) is 132 cm³/mol. The molecule has 1 nitrogen and oxygen atoms in total. The van der Waals surface area contributed by atoms with Gasteiger partial charge in [0.25, 0.3) is 0 Å². The van der Waals surface area contributed by atoms with Crippen molar-refractivity contribution in [2.45, 2.75) is 104 Å². The predicted octanol–water partition coefficient (Wildman–Crippen LogP) is 9.66. The molecule has 0 aliphatic rings. The molecule has 0 saturated carbocycles. The summed E-state index contributed by atoms with van der Waals surface area (Å²) in [5.41, 5.74) is 1.47. The lowest BCUT2D eigenvalue weighted by Crippen LogP contribution is -1.99. The first kappa shape index (κ1) is 26.4. The van der Waals surface area contributed by atoms with Crippen LogP contribution in [0.2, 0.25) is 0 Å². The second kappa shape index (κ2) is 15.8. The van der Waals surface area contributed by atoms with E-state index in [1.165, 1.54) is 64.2 Å². The van der Waals surface area contributed by atoms with E-state index in [2.05, 4.69) is 13.8 Å². The van der Waals surface area contributed by atoms with Crippen LogP contribution in [-0.2, 0) is 6.42 Å². The summed E-state index contributed by atoms with van der Waals surface area (Å²) in [6.07, 6.45) is 16.2. The minimum absolute atomic E-state index is 0.313. The highest BCUT2D eigenvalue weighted by Gasteiger charge is 2.14. The smallest absolute Gasteiger partial charge is 0.166 e. The maximum Gasteiger partial charge on any atom is 0.166 e. The Kier molecular flexibility index (Phi) is 13.0. The Hall–Kier alpha value is -1.90. The number of hydrogen-bond acceptors (Lipinski definition) is 1. The first-order chi connectivity index (χ1) is 15.7. The van der Waals surface area contributed by atoms with Crippen molar-refractivity contribution in [3.8, 4) is 16.9 Å². The Morgan fingerprint density at radius 1 is 0.594 bits per heavy atom. The van der Waals surface area contributed by atoms with Crippen LogP contribution in [0.15, 0.2) is 36.4 Å². The zero-order valence-corrected chi connectivity index (χ0v) is 20.2. The molecule has 0 spiro atoms. The molecule has 0 atom stereocenters. The molecule has 2 aromatic rings. The molecule has 0 fully saturated rings. The van der Waals surface area contributed by atoms with Crippen LogP contribution in [0, 0.1) is 11.6 Å². The fourth-order valence-electron chi connectivity index (χ4n) is 4.08. The van der Waals surface area contributed by atoms with E-state index in [1.807, 2.05) is 24.3 Å². The maximum absolute atomic E-state index is 14.7. The Bertz CT molecular complexity index is 754. The highest BCUT2D eigenvalue weighted by molar-refractivity contribution is 5.65. The number of ether oxygens (including phenoxy) is 1. The average molecular weight is 445 g/mol. The van der Waals surface area contributed by atoms with E-state index in [1.54, 1.807) is 12.1 Å². The van der Waals surface area contributed by atoms with Gasteiger partial charge < -0.3 is 4.74 Å². The quantitative estimate of drug-likeness (QED) is 0.221. The number of halogens is 2. The summed E-state index contributed by atoms with van der Waals surface area (Å²) < 4.78 is 35.1. The summed E-state index contributed by atoms with van der Waals surface area (Å²) >= 11 is 0. The van der Waals surface area contributed by atoms with Crippen molar-refractivity contribution in [3.63, 3.8) is 0 Å². The second-order valence-electron chi connectivity index (χ2n) is 8.91. The molecule has 0 N–H and O–H groups in total. The highest BCUT2D eigenvalue weighted by atomic mass is 19.2. The summed E-state index contributed by atoms with van der Waals surface area (Å²) in [6, 6.07) is 10.8. The number of hydrogen-bond donors (Lipinski definition) is 0. The van der Waals surface area contributed by atoms with Crippen LogP contribution < -0.4 is 4.74 Å². The Labute approximate surface area is 194 Å². The van der Waals surface area contributed by atoms with Gasteiger partial charge >= 0.3 is 0 Å². The fourth-order valence-corrected chi connectivity index (χ4v) is 4.08. The van der Waals surface area contributed by atoms with Gasteiger partial charge in [-0.3, -0.25) is 0 Å². The van der Waals surface area contributed by atoms with E-state index < -0.39 is 11.6 Å². The highest BCUT2D eigenvalue weighted by Crippen LogP contribution is 2.29. The molecule has 0 unspecified atom stereocenters. The standard InChI is InChI=1S/C29H42F2O/c1-3-5-7-9-11-12-14-16-25-19-22-27(29(31)28(25)30)24-17-20-26(21-18-24)32-23-15-13-10-8-6-4-2/h17-22H,3-16,23H2,1-2H3. The molecule has 32 heavy (non-hydrogen) atoms. The molecule has 2 aromatic carbocycles. The number of unbranched alkanes of at least 4 members (excludes halogenated alkanes) is 11. The molecule has 0 heterocycles. The van der Waals surface area contributed by atoms with Crippen LogP contribution in [0.5, 0.6) is 5.75 Å². The van der Waals surface area contributed by atoms with Crippen molar-refractivity contribution in [3.05, 3.63) is 53.6 Å². The minimum atomic E-state index is -0.744. The maximum atomic E-state index is 14.7. The normalized spacial score (nSPS) is 11.1. The average Bonchev–Trinajstić information content (AvgIpc) is 2.81. The lowest BCUT2D eigenvalue weighted by Gasteiger charge is -2.10. The van der Waals surface area contributed by atoms with Crippen LogP contribution in [0.3, 0.4) is 0 Å². The van der Waals surface area contributed by atoms with E-state index in [-0.39, 0.29) is 0 Å². The van der Waals surface area contributed by atoms with Crippen LogP contribution in [0.25, 0.3) is 11.1 Å². The van der Waals surface area contributed by atoms with Crippen molar-refractivity contribution in [2.24, 2.45) is 0 Å². The second-order valence-corrected chi connectivity index (χ2v) is 8.91. The van der Waals surface area contributed by atoms with Gasteiger partial charge in [0, 0.05) is 5.56 Å². The number of benzene rings is 2. The molecule has 3 heteroatoms. The Balaban J connectivity index is 1.80. The first-order valence-corrected chi connectivity index (χ1v) is 12.9. The summed E-state index contributed by atoms with van der Waals surface area (Å²) in [5, 5.41) is 0. The molecule has 0 amide bonds. The first-order valence-electron chi connectivity index (χ1n) is 12.9. The third kappa shape index (κ3) is 9.30. The van der Waals surface area contributed by atoms with Crippen molar-refractivity contribution in [2.75, 3.05) is 6.61 Å². The van der Waals surface area contributed by atoms with Crippen LogP contribution in [-0.4, -0.2) is 6.61 Å². The van der Waals surface area contributed by atoms with Gasteiger partial charge in [-0.25, -0.2) is 8.78 Å². The topological polar surface area (TPSA) is 9.23 Å². The summed E-state index contributed by atoms with van der Waals surface area (Å²) in [4.78, 5) is 0. The van der Waals surface area contributed by atoms with Crippen molar-refractivity contribution in [1.29, 1.82) is 0 Å². The van der Waals surface area contributed by atoms with Gasteiger partial charge in [0.15, 0.2) is 11.6 Å². The molecular weight excluding hydrogens is 402 g/mol. The lowest BCUT2D eigenvalue weighted by molar-refractivity contribution is 0.304. The molecule has 2 rings (SSSR count). The molecule has 0 bridgehead atoms. The van der Waals surface area contributed by atoms with Crippen LogP contribution in [0.1, 0.15) is 103 Å². The van der Waals surface area contributed by atoms with Gasteiger partial charge in [-0.2, -0.15) is 0 Å². The van der Waals surface area contributed by atoms with Crippen LogP contribution in [0.4, 0.5) is 8.78 Å². The molecular formula is C29H42F2O. The Morgan fingerprint density at radius 3 is 1.78 bits per heavy atom. The van der Waals surface area contributed by atoms with E-state index in [0.29, 0.717) is 29.7 Å². The minimum Gasteiger partial charge on any atom is -0.494 e. The monoisotopic (exact) mass is 444 g/mol. The largest absolute Gasteiger partial charge is 0.494 e. The molecule has 0 aliphatic heterocycles. The summed E-state index contributed by atoms with van der Waals surface area (Å²) in [7, 11) is 0. The molecule has 0 saturated heterocycles. The molecule has 0 aromatic heterocycles. The summed E-state index contributed by atoms with van der Waals surface area (Å²) in [6.45, 7) is 5.13. The van der Waals surface area contributed by atoms with Gasteiger partial charge in [0.1, 0.15) is 5.75 Å². The zero-order valence-electron chi connectivity index (χ0n) is 20.2. The number of aryl methyl sites for hydroxylation is 1. The van der Waals surface area contributed by atoms with E-state index >= 15 is 0 Å². The third-order valence-corrected chi connectivity index (χ3v) is 6.14. The van der Waals surface area contributed by atoms with E-state index in [0.717, 1.165) is 25.0 Å². The van der Waals surface area contributed by atoms with E-state index in [9.17, 15) is 8.78 Å². The zero-order chi connectivity index (χ0) is 23.0. The number of rotatable bonds is 17. The van der Waals surface area contributed by atoms with Crippen molar-refractivity contribution < 1.29 is 13.5 Å². The fraction of sp³-hybridized carbons (Fsp3) is 0.586. The van der Waals surface area contributed by atoms with Crippen molar-refractivity contribution in [1.82, 2.24) is 0 Å².